The van der Waals surface area contributed by atoms with Gasteiger partial charge in [-0.05, 0) is 26.3 Å². The average molecular weight is 313 g/mol. The molecule has 0 spiro atoms. The van der Waals surface area contributed by atoms with Crippen LogP contribution in [-0.4, -0.2) is 5.11 Å². The van der Waals surface area contributed by atoms with E-state index >= 15 is 0 Å². The molecule has 0 heterocycles. The topological polar surface area (TPSA) is 20.2 Å². The zero-order chi connectivity index (χ0) is 5.15. The number of rotatable bonds is 0. The van der Waals surface area contributed by atoms with E-state index < -0.39 is 0 Å². The smallest absolute Gasteiger partial charge is 0.0878 e. The van der Waals surface area contributed by atoms with Crippen LogP contribution in [0.2, 0.25) is 0 Å². The molecule has 39 valence electrons. The molecule has 0 unspecified atom stereocenters. The fourth-order valence-electron chi connectivity index (χ4n) is 0. The molecule has 0 bridgehead atoms. The van der Waals surface area contributed by atoms with Crippen LogP contribution >= 0.6 is 0 Å². The van der Waals surface area contributed by atoms with Gasteiger partial charge in [0.05, 0.1) is 5.76 Å². The van der Waals surface area contributed by atoms with Crippen LogP contribution < -0.4 is 0 Å². The molecule has 0 saturated carbocycles. The normalized spacial score (nSPS) is 6.71. The van der Waals surface area contributed by atoms with Gasteiger partial charge in [0.15, 0.2) is 0 Å². The second-order valence-electron chi connectivity index (χ2n) is 1.59. The van der Waals surface area contributed by atoms with Gasteiger partial charge < -0.3 is 5.11 Å². The maximum Gasteiger partial charge on any atom is 0.0878 e. The number of hydrogen-bond acceptors (Lipinski definition) is 1. The second-order valence-corrected chi connectivity index (χ2v) is 1.59. The Hall–Kier alpha value is 0.982. The minimum atomic E-state index is 0. The van der Waals surface area contributed by atoms with Gasteiger partial charge in [0, 0.05) is 44.1 Å². The Balaban J connectivity index is 0. The summed E-state index contributed by atoms with van der Waals surface area (Å²) in [5, 5.41) is 8.51. The summed E-state index contributed by atoms with van der Waals surface area (Å²) in [6.45, 7) is 5.42. The Kier molecular flexibility index (Phi) is 7.96. The third-order valence-corrected chi connectivity index (χ3v) is 0.724. The number of aliphatic hydroxyl groups excluding tert-OH is 1. The van der Waals surface area contributed by atoms with Gasteiger partial charge >= 0.3 is 0 Å². The molecule has 2 heteroatoms. The molecule has 0 fully saturated rings. The molecular formula is C5H10AcO. The van der Waals surface area contributed by atoms with E-state index in [9.17, 15) is 0 Å². The standard InChI is InChI=1S/C5H10O.Ac/c1-4(2)5(3)6;/h6H,1-3H3;. The van der Waals surface area contributed by atoms with Gasteiger partial charge in [-0.3, -0.25) is 0 Å². The van der Waals surface area contributed by atoms with Gasteiger partial charge in [-0.15, -0.1) is 0 Å². The minimum Gasteiger partial charge on any atom is -0.513 e. The van der Waals surface area contributed by atoms with Crippen molar-refractivity contribution in [2.75, 3.05) is 0 Å². The Labute approximate surface area is 80.4 Å². The van der Waals surface area contributed by atoms with E-state index in [-0.39, 0.29) is 44.1 Å². The molecule has 1 N–H and O–H groups in total. The quantitative estimate of drug-likeness (QED) is 0.677. The van der Waals surface area contributed by atoms with Crippen LogP contribution in [0.1, 0.15) is 20.8 Å². The molecular weight excluding hydrogens is 303 g/mol. The zero-order valence-corrected chi connectivity index (χ0v) is 9.77. The molecule has 0 rings (SSSR count). The summed E-state index contributed by atoms with van der Waals surface area (Å²) in [6.07, 6.45) is 0. The average Bonchev–Trinajstić information content (AvgIpc) is 1.36. The van der Waals surface area contributed by atoms with Crippen LogP contribution in [0.3, 0.4) is 0 Å². The molecule has 7 heavy (non-hydrogen) atoms. The van der Waals surface area contributed by atoms with E-state index in [1.165, 1.54) is 0 Å². The largest absolute Gasteiger partial charge is 0.513 e. The van der Waals surface area contributed by atoms with Gasteiger partial charge in [0.1, 0.15) is 0 Å². The maximum absolute atomic E-state index is 8.51. The molecule has 0 aliphatic rings. The van der Waals surface area contributed by atoms with Gasteiger partial charge in [0.25, 0.3) is 0 Å². The van der Waals surface area contributed by atoms with Crippen molar-refractivity contribution in [3.8, 4) is 0 Å². The van der Waals surface area contributed by atoms with E-state index in [1.54, 1.807) is 6.92 Å². The summed E-state index contributed by atoms with van der Waals surface area (Å²) in [4.78, 5) is 0. The summed E-state index contributed by atoms with van der Waals surface area (Å²) < 4.78 is 0. The summed E-state index contributed by atoms with van der Waals surface area (Å²) in [7, 11) is 0. The van der Waals surface area contributed by atoms with Crippen LogP contribution in [-0.2, 0) is 0 Å². The summed E-state index contributed by atoms with van der Waals surface area (Å²) in [5.74, 6) is 0.426. The van der Waals surface area contributed by atoms with Crippen molar-refractivity contribution < 1.29 is 49.2 Å². The van der Waals surface area contributed by atoms with E-state index in [0.717, 1.165) is 5.57 Å². The first-order chi connectivity index (χ1) is 2.64. The molecule has 0 aromatic rings. The first-order valence-electron chi connectivity index (χ1n) is 1.97. The maximum atomic E-state index is 8.51. The second kappa shape index (κ2) is 5.12. The van der Waals surface area contributed by atoms with Crippen molar-refractivity contribution in [3.05, 3.63) is 11.3 Å². The van der Waals surface area contributed by atoms with Crippen molar-refractivity contribution in [2.24, 2.45) is 0 Å². The summed E-state index contributed by atoms with van der Waals surface area (Å²) in [5.41, 5.74) is 0.981. The van der Waals surface area contributed by atoms with Crippen molar-refractivity contribution in [2.45, 2.75) is 20.8 Å². The molecule has 1 radical (unpaired) electrons. The molecule has 0 aromatic carbocycles. The third-order valence-electron chi connectivity index (χ3n) is 0.724. The van der Waals surface area contributed by atoms with Crippen LogP contribution in [0.25, 0.3) is 0 Å². The Bertz CT molecular complexity index is 58.1. The van der Waals surface area contributed by atoms with Gasteiger partial charge in [-0.1, -0.05) is 0 Å². The van der Waals surface area contributed by atoms with Gasteiger partial charge in [0.2, 0.25) is 0 Å². The Morgan fingerprint density at radius 1 is 1.14 bits per heavy atom. The van der Waals surface area contributed by atoms with Crippen LogP contribution in [0.4, 0.5) is 0 Å². The molecule has 1 nitrogen and oxygen atoms in total. The van der Waals surface area contributed by atoms with Crippen LogP contribution in [0, 0.1) is 44.1 Å². The molecule has 0 saturated heterocycles. The van der Waals surface area contributed by atoms with E-state index in [0.29, 0.717) is 5.76 Å². The van der Waals surface area contributed by atoms with Gasteiger partial charge in [-0.2, -0.15) is 0 Å². The molecule has 0 aliphatic heterocycles. The molecule has 0 amide bonds. The van der Waals surface area contributed by atoms with Crippen molar-refractivity contribution >= 4 is 0 Å². The van der Waals surface area contributed by atoms with E-state index in [1.807, 2.05) is 13.8 Å². The van der Waals surface area contributed by atoms with Crippen LogP contribution in [0.15, 0.2) is 11.3 Å². The van der Waals surface area contributed by atoms with E-state index in [4.69, 9.17) is 5.11 Å². The molecule has 0 atom stereocenters. The number of hydrogen-bond donors (Lipinski definition) is 1. The van der Waals surface area contributed by atoms with Crippen molar-refractivity contribution in [1.29, 1.82) is 0 Å². The fourth-order valence-corrected chi connectivity index (χ4v) is 0. The van der Waals surface area contributed by atoms with Gasteiger partial charge in [-0.25, -0.2) is 0 Å². The third kappa shape index (κ3) is 6.98. The first-order valence-corrected chi connectivity index (χ1v) is 1.97. The molecule has 0 aromatic heterocycles. The Morgan fingerprint density at radius 3 is 1.29 bits per heavy atom. The number of aliphatic hydroxyl groups is 1. The predicted molar refractivity (Wildman–Crippen MR) is 26.7 cm³/mol. The fraction of sp³-hybridized carbons (Fsp3) is 0.600. The zero-order valence-electron chi connectivity index (χ0n) is 5.02. The molecule has 0 aliphatic carbocycles. The minimum absolute atomic E-state index is 0. The Morgan fingerprint density at radius 2 is 1.29 bits per heavy atom. The summed E-state index contributed by atoms with van der Waals surface area (Å²) >= 11 is 0. The first kappa shape index (κ1) is 10.9. The van der Waals surface area contributed by atoms with E-state index in [2.05, 4.69) is 0 Å². The van der Waals surface area contributed by atoms with Crippen molar-refractivity contribution in [3.63, 3.8) is 0 Å². The summed E-state index contributed by atoms with van der Waals surface area (Å²) in [6, 6.07) is 0. The van der Waals surface area contributed by atoms with Crippen LogP contribution in [0.5, 0.6) is 0 Å². The van der Waals surface area contributed by atoms with Crippen molar-refractivity contribution in [1.82, 2.24) is 0 Å². The monoisotopic (exact) mass is 313 g/mol. The predicted octanol–water partition coefficient (Wildman–Crippen LogP) is 1.86. The SMILES string of the molecule is CC(C)=C(C)O.[Ac]. The number of allylic oxidation sites excluding steroid dienone is 2.